The summed E-state index contributed by atoms with van der Waals surface area (Å²) in [5.74, 6) is 2.39. The standard InChI is InChI=1S/C17H16O3/c1-3-12-4-6-15(18-2)14(10-12)13-5-7-16-17(11-13)20-9-8-19-16/h3-7,10-11H,1,8-9H2,2H3. The second-order valence-electron chi connectivity index (χ2n) is 4.52. The zero-order valence-corrected chi connectivity index (χ0v) is 11.4. The van der Waals surface area contributed by atoms with Crippen LogP contribution in [0.25, 0.3) is 17.2 Å². The van der Waals surface area contributed by atoms with Gasteiger partial charge < -0.3 is 14.2 Å². The Kier molecular flexibility index (Phi) is 3.33. The van der Waals surface area contributed by atoms with Gasteiger partial charge in [0.15, 0.2) is 11.5 Å². The summed E-state index contributed by atoms with van der Waals surface area (Å²) < 4.78 is 16.6. The van der Waals surface area contributed by atoms with Crippen LogP contribution in [0.2, 0.25) is 0 Å². The van der Waals surface area contributed by atoms with Crippen LogP contribution in [-0.2, 0) is 0 Å². The van der Waals surface area contributed by atoms with Crippen molar-refractivity contribution in [3.63, 3.8) is 0 Å². The summed E-state index contributed by atoms with van der Waals surface area (Å²) >= 11 is 0. The van der Waals surface area contributed by atoms with E-state index in [0.29, 0.717) is 13.2 Å². The maximum absolute atomic E-state index is 5.63. The average Bonchev–Trinajstić information content (AvgIpc) is 2.53. The van der Waals surface area contributed by atoms with Crippen molar-refractivity contribution in [2.45, 2.75) is 0 Å². The van der Waals surface area contributed by atoms with Crippen LogP contribution in [0.5, 0.6) is 17.2 Å². The third-order valence-corrected chi connectivity index (χ3v) is 3.31. The Morgan fingerprint density at radius 1 is 1.05 bits per heavy atom. The molecule has 0 saturated heterocycles. The summed E-state index contributed by atoms with van der Waals surface area (Å²) in [5.41, 5.74) is 3.10. The molecule has 0 atom stereocenters. The van der Waals surface area contributed by atoms with Gasteiger partial charge in [0.2, 0.25) is 0 Å². The van der Waals surface area contributed by atoms with Crippen molar-refractivity contribution in [1.82, 2.24) is 0 Å². The first-order chi connectivity index (χ1) is 9.81. The SMILES string of the molecule is C=Cc1ccc(OC)c(-c2ccc3c(c2)OCCO3)c1. The van der Waals surface area contributed by atoms with Crippen LogP contribution in [0.3, 0.4) is 0 Å². The fraction of sp³-hybridized carbons (Fsp3) is 0.176. The molecule has 2 aromatic carbocycles. The number of fused-ring (bicyclic) bond motifs is 1. The van der Waals surface area contributed by atoms with Gasteiger partial charge in [-0.15, -0.1) is 0 Å². The normalized spacial score (nSPS) is 12.8. The lowest BCUT2D eigenvalue weighted by atomic mass is 10.0. The van der Waals surface area contributed by atoms with Gasteiger partial charge in [-0.05, 0) is 35.4 Å². The van der Waals surface area contributed by atoms with Crippen molar-refractivity contribution in [1.29, 1.82) is 0 Å². The number of benzene rings is 2. The lowest BCUT2D eigenvalue weighted by Crippen LogP contribution is -2.15. The maximum Gasteiger partial charge on any atom is 0.161 e. The Balaban J connectivity index is 2.10. The van der Waals surface area contributed by atoms with Crippen molar-refractivity contribution in [2.75, 3.05) is 20.3 Å². The molecule has 20 heavy (non-hydrogen) atoms. The second kappa shape index (κ2) is 5.29. The fourth-order valence-electron chi connectivity index (χ4n) is 2.29. The smallest absolute Gasteiger partial charge is 0.161 e. The first kappa shape index (κ1) is 12.6. The summed E-state index contributed by atoms with van der Waals surface area (Å²) in [4.78, 5) is 0. The molecule has 0 N–H and O–H groups in total. The summed E-state index contributed by atoms with van der Waals surface area (Å²) in [6, 6.07) is 11.9. The largest absolute Gasteiger partial charge is 0.496 e. The highest BCUT2D eigenvalue weighted by molar-refractivity contribution is 5.75. The Morgan fingerprint density at radius 3 is 2.60 bits per heavy atom. The van der Waals surface area contributed by atoms with Gasteiger partial charge >= 0.3 is 0 Å². The highest BCUT2D eigenvalue weighted by Crippen LogP contribution is 2.38. The first-order valence-corrected chi connectivity index (χ1v) is 6.52. The van der Waals surface area contributed by atoms with Gasteiger partial charge in [-0.1, -0.05) is 24.8 Å². The molecule has 102 valence electrons. The number of ether oxygens (including phenoxy) is 3. The fourth-order valence-corrected chi connectivity index (χ4v) is 2.29. The number of hydrogen-bond acceptors (Lipinski definition) is 3. The van der Waals surface area contributed by atoms with E-state index in [1.54, 1.807) is 7.11 Å². The predicted octanol–water partition coefficient (Wildman–Crippen LogP) is 3.78. The van der Waals surface area contributed by atoms with E-state index in [1.807, 2.05) is 36.4 Å². The summed E-state index contributed by atoms with van der Waals surface area (Å²) in [7, 11) is 1.67. The van der Waals surface area contributed by atoms with Crippen LogP contribution < -0.4 is 14.2 Å². The van der Waals surface area contributed by atoms with E-state index < -0.39 is 0 Å². The number of rotatable bonds is 3. The van der Waals surface area contributed by atoms with Gasteiger partial charge in [0, 0.05) is 5.56 Å². The molecule has 0 aromatic heterocycles. The first-order valence-electron chi connectivity index (χ1n) is 6.52. The molecule has 0 bridgehead atoms. The van der Waals surface area contributed by atoms with Gasteiger partial charge in [-0.3, -0.25) is 0 Å². The maximum atomic E-state index is 5.63. The molecule has 1 aliphatic rings. The van der Waals surface area contributed by atoms with E-state index in [0.717, 1.165) is 33.9 Å². The van der Waals surface area contributed by atoms with Crippen LogP contribution in [0, 0.1) is 0 Å². The Labute approximate surface area is 118 Å². The highest BCUT2D eigenvalue weighted by Gasteiger charge is 2.14. The summed E-state index contributed by atoms with van der Waals surface area (Å²) in [5, 5.41) is 0. The van der Waals surface area contributed by atoms with E-state index in [9.17, 15) is 0 Å². The van der Waals surface area contributed by atoms with Gasteiger partial charge in [-0.25, -0.2) is 0 Å². The molecule has 0 fully saturated rings. The van der Waals surface area contributed by atoms with Crippen molar-refractivity contribution in [3.8, 4) is 28.4 Å². The van der Waals surface area contributed by atoms with Crippen LogP contribution in [-0.4, -0.2) is 20.3 Å². The minimum atomic E-state index is 0.584. The van der Waals surface area contributed by atoms with Crippen molar-refractivity contribution in [3.05, 3.63) is 48.5 Å². The van der Waals surface area contributed by atoms with E-state index in [4.69, 9.17) is 14.2 Å². The van der Waals surface area contributed by atoms with Crippen molar-refractivity contribution in [2.24, 2.45) is 0 Å². The molecule has 0 radical (unpaired) electrons. The molecular weight excluding hydrogens is 252 g/mol. The zero-order valence-electron chi connectivity index (χ0n) is 11.4. The summed E-state index contributed by atoms with van der Waals surface area (Å²) in [6.45, 7) is 4.99. The van der Waals surface area contributed by atoms with Crippen molar-refractivity contribution < 1.29 is 14.2 Å². The van der Waals surface area contributed by atoms with Gasteiger partial charge in [0.05, 0.1) is 7.11 Å². The summed E-state index contributed by atoms with van der Waals surface area (Å²) in [6.07, 6.45) is 1.82. The lowest BCUT2D eigenvalue weighted by molar-refractivity contribution is 0.171. The molecule has 2 aromatic rings. The van der Waals surface area contributed by atoms with Gasteiger partial charge in [-0.2, -0.15) is 0 Å². The monoisotopic (exact) mass is 268 g/mol. The van der Waals surface area contributed by atoms with E-state index >= 15 is 0 Å². The van der Waals surface area contributed by atoms with E-state index in [-0.39, 0.29) is 0 Å². The Morgan fingerprint density at radius 2 is 1.85 bits per heavy atom. The topological polar surface area (TPSA) is 27.7 Å². The molecule has 0 unspecified atom stereocenters. The minimum absolute atomic E-state index is 0.584. The zero-order chi connectivity index (χ0) is 13.9. The quantitative estimate of drug-likeness (QED) is 0.848. The Hall–Kier alpha value is -2.42. The second-order valence-corrected chi connectivity index (χ2v) is 4.52. The van der Waals surface area contributed by atoms with Crippen LogP contribution in [0.4, 0.5) is 0 Å². The Bertz CT molecular complexity index is 647. The van der Waals surface area contributed by atoms with Crippen LogP contribution in [0.1, 0.15) is 5.56 Å². The molecule has 0 saturated carbocycles. The molecule has 3 nitrogen and oxygen atoms in total. The van der Waals surface area contributed by atoms with E-state index in [2.05, 4.69) is 12.6 Å². The molecule has 3 heteroatoms. The minimum Gasteiger partial charge on any atom is -0.496 e. The molecule has 0 spiro atoms. The third kappa shape index (κ3) is 2.23. The molecule has 0 amide bonds. The lowest BCUT2D eigenvalue weighted by Gasteiger charge is -2.19. The van der Waals surface area contributed by atoms with Gasteiger partial charge in [0.1, 0.15) is 19.0 Å². The van der Waals surface area contributed by atoms with Gasteiger partial charge in [0.25, 0.3) is 0 Å². The molecule has 1 heterocycles. The molecule has 0 aliphatic carbocycles. The van der Waals surface area contributed by atoms with Crippen LogP contribution >= 0.6 is 0 Å². The average molecular weight is 268 g/mol. The number of methoxy groups -OCH3 is 1. The van der Waals surface area contributed by atoms with E-state index in [1.165, 1.54) is 0 Å². The molecule has 1 aliphatic heterocycles. The third-order valence-electron chi connectivity index (χ3n) is 3.31. The highest BCUT2D eigenvalue weighted by atomic mass is 16.6. The van der Waals surface area contributed by atoms with Crippen molar-refractivity contribution >= 4 is 6.08 Å². The number of hydrogen-bond donors (Lipinski definition) is 0. The molecule has 3 rings (SSSR count). The molecular formula is C17H16O3. The van der Waals surface area contributed by atoms with Crippen LogP contribution in [0.15, 0.2) is 43.0 Å². The predicted molar refractivity (Wildman–Crippen MR) is 79.5 cm³/mol.